The van der Waals surface area contributed by atoms with Crippen LogP contribution in [-0.2, 0) is 4.79 Å². The van der Waals surface area contributed by atoms with E-state index in [0.29, 0.717) is 18.9 Å². The van der Waals surface area contributed by atoms with Gasteiger partial charge in [-0.1, -0.05) is 11.1 Å². The van der Waals surface area contributed by atoms with Crippen LogP contribution in [0.5, 0.6) is 0 Å². The average Bonchev–Trinajstić information content (AvgIpc) is 3.10. The fourth-order valence-corrected chi connectivity index (χ4v) is 4.88. The molecule has 3 aliphatic rings. The van der Waals surface area contributed by atoms with Crippen molar-refractivity contribution in [2.45, 2.75) is 51.5 Å². The number of nitrogens with zero attached hydrogens (tertiary/aromatic N) is 1. The largest absolute Gasteiger partial charge is 0.475 e. The zero-order valence-electron chi connectivity index (χ0n) is 12.8. The molecule has 116 valence electrons. The molecular weight excluding hydrogens is 267 g/mol. The molecule has 2 aliphatic carbocycles. The normalized spacial score (nSPS) is 38.2. The smallest absolute Gasteiger partial charge is 0.426 e. The third-order valence-corrected chi connectivity index (χ3v) is 5.69. The molecule has 2 bridgehead atoms. The highest BCUT2D eigenvalue weighted by atomic mass is 16.4. The summed E-state index contributed by atoms with van der Waals surface area (Å²) in [6.45, 7) is 4.83. The summed E-state index contributed by atoms with van der Waals surface area (Å²) in [7, 11) is -1.45. The number of amides is 1. The van der Waals surface area contributed by atoms with Gasteiger partial charge in [-0.3, -0.25) is 4.79 Å². The van der Waals surface area contributed by atoms with Gasteiger partial charge < -0.3 is 20.7 Å². The van der Waals surface area contributed by atoms with Crippen LogP contribution in [0.1, 0.15) is 39.5 Å². The lowest BCUT2D eigenvalue weighted by atomic mass is 9.76. The van der Waals surface area contributed by atoms with Crippen LogP contribution in [0.15, 0.2) is 11.1 Å². The molecule has 21 heavy (non-hydrogen) atoms. The molecule has 1 saturated heterocycles. The number of hydrogen-bond donors (Lipinski definition) is 3. The number of carbonyl (C=O) groups excluding carboxylic acids is 1. The quantitative estimate of drug-likeness (QED) is 0.505. The SMILES string of the molecule is CC(C)=C1C2CCC1C(C(=O)N1CCC[C@H]1B(O)O)C2N. The van der Waals surface area contributed by atoms with E-state index in [-0.39, 0.29) is 23.8 Å². The number of carbonyl (C=O) groups is 1. The van der Waals surface area contributed by atoms with E-state index in [9.17, 15) is 14.8 Å². The van der Waals surface area contributed by atoms with Gasteiger partial charge in [0, 0.05) is 12.6 Å². The second-order valence-corrected chi connectivity index (χ2v) is 7.00. The molecule has 4 N–H and O–H groups in total. The van der Waals surface area contributed by atoms with Crippen molar-refractivity contribution in [1.82, 2.24) is 4.90 Å². The van der Waals surface area contributed by atoms with E-state index < -0.39 is 13.1 Å². The first-order valence-electron chi connectivity index (χ1n) is 8.03. The molecule has 1 aliphatic heterocycles. The molecule has 0 aromatic rings. The van der Waals surface area contributed by atoms with E-state index in [0.717, 1.165) is 19.3 Å². The van der Waals surface area contributed by atoms with Gasteiger partial charge in [-0.2, -0.15) is 0 Å². The Morgan fingerprint density at radius 1 is 1.24 bits per heavy atom. The summed E-state index contributed by atoms with van der Waals surface area (Å²) in [5.74, 6) is 0.00432. The number of allylic oxidation sites excluding steroid dienone is 1. The van der Waals surface area contributed by atoms with Crippen molar-refractivity contribution in [1.29, 1.82) is 0 Å². The molecule has 5 atom stereocenters. The van der Waals surface area contributed by atoms with E-state index in [1.807, 2.05) is 0 Å². The number of nitrogens with two attached hydrogens (primary N) is 1. The summed E-state index contributed by atoms with van der Waals surface area (Å²) in [5.41, 5.74) is 9.07. The van der Waals surface area contributed by atoms with Crippen LogP contribution in [-0.4, -0.2) is 46.5 Å². The van der Waals surface area contributed by atoms with Gasteiger partial charge in [-0.05, 0) is 51.4 Å². The first-order valence-corrected chi connectivity index (χ1v) is 8.03. The monoisotopic (exact) mass is 292 g/mol. The van der Waals surface area contributed by atoms with Gasteiger partial charge in [0.25, 0.3) is 0 Å². The maximum Gasteiger partial charge on any atom is 0.475 e. The minimum atomic E-state index is -1.45. The van der Waals surface area contributed by atoms with Crippen molar-refractivity contribution in [3.8, 4) is 0 Å². The molecule has 0 spiro atoms. The summed E-state index contributed by atoms with van der Waals surface area (Å²) < 4.78 is 0. The Hall–Kier alpha value is -0.845. The minimum absolute atomic E-state index is 0.0315. The van der Waals surface area contributed by atoms with Gasteiger partial charge in [0.05, 0.1) is 11.9 Å². The molecule has 0 aromatic heterocycles. The Labute approximate surface area is 126 Å². The zero-order chi connectivity index (χ0) is 15.3. The van der Waals surface area contributed by atoms with E-state index in [2.05, 4.69) is 13.8 Å². The molecule has 1 amide bonds. The van der Waals surface area contributed by atoms with Crippen molar-refractivity contribution in [3.63, 3.8) is 0 Å². The van der Waals surface area contributed by atoms with E-state index in [1.54, 1.807) is 4.90 Å². The molecule has 0 aromatic carbocycles. The van der Waals surface area contributed by atoms with Gasteiger partial charge in [0.1, 0.15) is 0 Å². The third kappa shape index (κ3) is 2.24. The van der Waals surface area contributed by atoms with Crippen molar-refractivity contribution in [2.24, 2.45) is 23.5 Å². The topological polar surface area (TPSA) is 86.8 Å². The standard InChI is InChI=1S/C15H25BN2O3/c1-8(2)12-9-5-6-10(12)14(17)13(9)15(19)18-7-3-4-11(18)16(20)21/h9-11,13-14,20-21H,3-7,17H2,1-2H3/t9?,10?,11-,13?,14?/m0/s1. The fourth-order valence-electron chi connectivity index (χ4n) is 4.88. The predicted octanol–water partition coefficient (Wildman–Crippen LogP) is 0.309. The lowest BCUT2D eigenvalue weighted by Gasteiger charge is -2.33. The van der Waals surface area contributed by atoms with Crippen molar-refractivity contribution < 1.29 is 14.8 Å². The minimum Gasteiger partial charge on any atom is -0.426 e. The predicted molar refractivity (Wildman–Crippen MR) is 81.0 cm³/mol. The molecule has 3 fully saturated rings. The van der Waals surface area contributed by atoms with Crippen molar-refractivity contribution >= 4 is 13.0 Å². The van der Waals surface area contributed by atoms with E-state index >= 15 is 0 Å². The molecule has 5 nitrogen and oxygen atoms in total. The molecule has 2 saturated carbocycles. The maximum atomic E-state index is 12.9. The Morgan fingerprint density at radius 2 is 1.90 bits per heavy atom. The zero-order valence-corrected chi connectivity index (χ0v) is 12.8. The summed E-state index contributed by atoms with van der Waals surface area (Å²) in [6, 6.07) is -0.113. The van der Waals surface area contributed by atoms with Crippen LogP contribution < -0.4 is 5.73 Å². The summed E-state index contributed by atoms with van der Waals surface area (Å²) in [5, 5.41) is 18.9. The Morgan fingerprint density at radius 3 is 2.48 bits per heavy atom. The first-order chi connectivity index (χ1) is 9.93. The van der Waals surface area contributed by atoms with E-state index in [4.69, 9.17) is 5.73 Å². The summed E-state index contributed by atoms with van der Waals surface area (Å²) in [6.07, 6.45) is 3.62. The van der Waals surface area contributed by atoms with Crippen LogP contribution in [0.2, 0.25) is 0 Å². The highest BCUT2D eigenvalue weighted by Gasteiger charge is 2.55. The lowest BCUT2D eigenvalue weighted by Crippen LogP contribution is -2.52. The number of hydrogen-bond acceptors (Lipinski definition) is 4. The third-order valence-electron chi connectivity index (χ3n) is 5.69. The molecule has 6 heteroatoms. The number of likely N-dealkylation sites (tertiary alicyclic amines) is 1. The lowest BCUT2D eigenvalue weighted by molar-refractivity contribution is -0.137. The molecule has 1 heterocycles. The average molecular weight is 292 g/mol. The van der Waals surface area contributed by atoms with Crippen LogP contribution >= 0.6 is 0 Å². The number of fused-ring (bicyclic) bond motifs is 2. The van der Waals surface area contributed by atoms with Crippen molar-refractivity contribution in [3.05, 3.63) is 11.1 Å². The Bertz CT molecular complexity index is 476. The highest BCUT2D eigenvalue weighted by molar-refractivity contribution is 6.43. The first kappa shape index (κ1) is 15.1. The molecule has 4 unspecified atom stereocenters. The van der Waals surface area contributed by atoms with E-state index in [1.165, 1.54) is 11.1 Å². The van der Waals surface area contributed by atoms with Gasteiger partial charge in [-0.25, -0.2) is 0 Å². The van der Waals surface area contributed by atoms with Crippen LogP contribution in [0, 0.1) is 17.8 Å². The van der Waals surface area contributed by atoms with Crippen LogP contribution in [0.25, 0.3) is 0 Å². The summed E-state index contributed by atoms with van der Waals surface area (Å²) in [4.78, 5) is 14.6. The second kappa shape index (κ2) is 5.41. The Balaban J connectivity index is 1.84. The molecule has 3 rings (SSSR count). The number of rotatable bonds is 2. The Kier molecular flexibility index (Phi) is 3.88. The molecule has 0 radical (unpaired) electrons. The summed E-state index contributed by atoms with van der Waals surface area (Å²) >= 11 is 0. The fraction of sp³-hybridized carbons (Fsp3) is 0.800. The van der Waals surface area contributed by atoms with Gasteiger partial charge in [0.2, 0.25) is 5.91 Å². The highest BCUT2D eigenvalue weighted by Crippen LogP contribution is 2.53. The molecular formula is C15H25BN2O3. The van der Waals surface area contributed by atoms with Crippen LogP contribution in [0.3, 0.4) is 0 Å². The van der Waals surface area contributed by atoms with Gasteiger partial charge in [0.15, 0.2) is 0 Å². The van der Waals surface area contributed by atoms with Gasteiger partial charge >= 0.3 is 7.12 Å². The second-order valence-electron chi connectivity index (χ2n) is 7.00. The van der Waals surface area contributed by atoms with Crippen LogP contribution in [0.4, 0.5) is 0 Å². The maximum absolute atomic E-state index is 12.9. The van der Waals surface area contributed by atoms with Crippen molar-refractivity contribution in [2.75, 3.05) is 6.54 Å². The van der Waals surface area contributed by atoms with Gasteiger partial charge in [-0.15, -0.1) is 0 Å².